The van der Waals surface area contributed by atoms with Gasteiger partial charge in [0.15, 0.2) is 0 Å². The molecule has 0 aliphatic carbocycles. The van der Waals surface area contributed by atoms with Crippen LogP contribution in [0.15, 0.2) is 27.2 Å². The zero-order valence-electron chi connectivity index (χ0n) is 10.3. The van der Waals surface area contributed by atoms with Crippen LogP contribution in [-0.4, -0.2) is 29.1 Å². The van der Waals surface area contributed by atoms with Crippen molar-refractivity contribution in [2.24, 2.45) is 0 Å². The van der Waals surface area contributed by atoms with Crippen LogP contribution in [-0.2, 0) is 9.53 Å². The maximum atomic E-state index is 11.8. The van der Waals surface area contributed by atoms with E-state index in [1.807, 2.05) is 0 Å². The fourth-order valence-electron chi connectivity index (χ4n) is 1.98. The van der Waals surface area contributed by atoms with Crippen molar-refractivity contribution >= 4 is 33.3 Å². The molecule has 1 aromatic heterocycles. The Morgan fingerprint density at radius 3 is 3.00 bits per heavy atom. The van der Waals surface area contributed by atoms with E-state index in [-0.39, 0.29) is 5.78 Å². The largest absolute Gasteiger partial charge is 0.380 e. The number of nitrogens with zero attached hydrogens (tertiary/aromatic N) is 2. The van der Waals surface area contributed by atoms with Crippen LogP contribution >= 0.6 is 27.5 Å². The molecular weight excluding hydrogens is 348 g/mol. The van der Waals surface area contributed by atoms with Crippen molar-refractivity contribution in [1.82, 2.24) is 10.1 Å². The van der Waals surface area contributed by atoms with Crippen molar-refractivity contribution in [2.75, 3.05) is 13.2 Å². The average Bonchev–Trinajstić information content (AvgIpc) is 2.92. The van der Waals surface area contributed by atoms with Gasteiger partial charge in [-0.05, 0) is 34.1 Å². The molecule has 2 aromatic rings. The number of benzene rings is 1. The maximum Gasteiger partial charge on any atom is 0.239 e. The SMILES string of the molecule is O=C1CCOCC1c1nc(-c2ccc(Cl)c(Br)c2)no1. The van der Waals surface area contributed by atoms with E-state index in [2.05, 4.69) is 26.1 Å². The first-order valence-electron chi connectivity index (χ1n) is 6.04. The number of aromatic nitrogens is 2. The second kappa shape index (κ2) is 5.63. The Labute approximate surface area is 128 Å². The number of hydrogen-bond donors (Lipinski definition) is 0. The topological polar surface area (TPSA) is 65.2 Å². The van der Waals surface area contributed by atoms with Gasteiger partial charge in [0.1, 0.15) is 11.7 Å². The highest BCUT2D eigenvalue weighted by Gasteiger charge is 2.29. The van der Waals surface area contributed by atoms with E-state index in [1.54, 1.807) is 18.2 Å². The third kappa shape index (κ3) is 2.63. The van der Waals surface area contributed by atoms with Gasteiger partial charge >= 0.3 is 0 Å². The number of carbonyl (C=O) groups excluding carboxylic acids is 1. The van der Waals surface area contributed by atoms with Crippen molar-refractivity contribution in [3.05, 3.63) is 33.6 Å². The van der Waals surface area contributed by atoms with Crippen LogP contribution in [0.25, 0.3) is 11.4 Å². The molecule has 0 bridgehead atoms. The summed E-state index contributed by atoms with van der Waals surface area (Å²) in [6.07, 6.45) is 0.384. The average molecular weight is 358 g/mol. The van der Waals surface area contributed by atoms with E-state index >= 15 is 0 Å². The van der Waals surface area contributed by atoms with Gasteiger partial charge < -0.3 is 9.26 Å². The summed E-state index contributed by atoms with van der Waals surface area (Å²) in [5.41, 5.74) is 0.764. The Morgan fingerprint density at radius 2 is 2.25 bits per heavy atom. The molecule has 0 radical (unpaired) electrons. The van der Waals surface area contributed by atoms with Gasteiger partial charge in [-0.1, -0.05) is 16.8 Å². The van der Waals surface area contributed by atoms with E-state index in [0.717, 1.165) is 10.0 Å². The fourth-order valence-corrected chi connectivity index (χ4v) is 2.48. The van der Waals surface area contributed by atoms with Gasteiger partial charge in [-0.3, -0.25) is 4.79 Å². The van der Waals surface area contributed by atoms with Crippen LogP contribution in [0.2, 0.25) is 5.02 Å². The molecule has 0 spiro atoms. The van der Waals surface area contributed by atoms with Crippen LogP contribution < -0.4 is 0 Å². The number of Topliss-reactive ketones (excluding diaryl/α,β-unsaturated/α-hetero) is 1. The molecule has 1 aromatic carbocycles. The molecule has 20 heavy (non-hydrogen) atoms. The third-order valence-electron chi connectivity index (χ3n) is 3.08. The van der Waals surface area contributed by atoms with Gasteiger partial charge in [0, 0.05) is 16.5 Å². The second-order valence-corrected chi connectivity index (χ2v) is 5.69. The van der Waals surface area contributed by atoms with E-state index in [0.29, 0.717) is 36.4 Å². The standard InChI is InChI=1S/C13H10BrClN2O3/c14-9-5-7(1-2-10(9)15)12-16-13(20-17-12)8-6-19-4-3-11(8)18/h1-2,5,8H,3-4,6H2. The lowest BCUT2D eigenvalue weighted by Crippen LogP contribution is -2.25. The predicted molar refractivity (Wildman–Crippen MR) is 75.6 cm³/mol. The highest BCUT2D eigenvalue weighted by atomic mass is 79.9. The molecule has 1 aliphatic heterocycles. The minimum atomic E-state index is -0.458. The summed E-state index contributed by atoms with van der Waals surface area (Å²) in [4.78, 5) is 16.1. The number of hydrogen-bond acceptors (Lipinski definition) is 5. The first-order valence-corrected chi connectivity index (χ1v) is 7.22. The Morgan fingerprint density at radius 1 is 1.40 bits per heavy atom. The van der Waals surface area contributed by atoms with Crippen LogP contribution in [0.1, 0.15) is 18.2 Å². The van der Waals surface area contributed by atoms with Gasteiger partial charge in [0.25, 0.3) is 0 Å². The Hall–Kier alpha value is -1.24. The molecule has 1 atom stereocenters. The lowest BCUT2D eigenvalue weighted by molar-refractivity contribution is -0.127. The summed E-state index contributed by atoms with van der Waals surface area (Å²) in [7, 11) is 0. The zero-order chi connectivity index (χ0) is 14.1. The normalized spacial score (nSPS) is 19.3. The van der Waals surface area contributed by atoms with Crippen molar-refractivity contribution in [3.63, 3.8) is 0 Å². The Kier molecular flexibility index (Phi) is 3.87. The number of halogens is 2. The van der Waals surface area contributed by atoms with E-state index < -0.39 is 5.92 Å². The summed E-state index contributed by atoms with van der Waals surface area (Å²) >= 11 is 9.29. The summed E-state index contributed by atoms with van der Waals surface area (Å²) in [6, 6.07) is 5.34. The highest BCUT2D eigenvalue weighted by Crippen LogP contribution is 2.29. The van der Waals surface area contributed by atoms with E-state index in [1.165, 1.54) is 0 Å². The van der Waals surface area contributed by atoms with E-state index in [4.69, 9.17) is 20.9 Å². The number of rotatable bonds is 2. The minimum absolute atomic E-state index is 0.0729. The van der Waals surface area contributed by atoms with Crippen LogP contribution in [0.4, 0.5) is 0 Å². The van der Waals surface area contributed by atoms with Gasteiger partial charge in [-0.2, -0.15) is 4.98 Å². The zero-order valence-corrected chi connectivity index (χ0v) is 12.6. The Balaban J connectivity index is 1.89. The molecule has 0 saturated carbocycles. The number of carbonyl (C=O) groups is 1. The maximum absolute atomic E-state index is 11.8. The molecule has 1 unspecified atom stereocenters. The van der Waals surface area contributed by atoms with Crippen LogP contribution in [0, 0.1) is 0 Å². The summed E-state index contributed by atoms with van der Waals surface area (Å²) < 4.78 is 11.2. The van der Waals surface area contributed by atoms with Gasteiger partial charge in [-0.15, -0.1) is 0 Å². The summed E-state index contributed by atoms with van der Waals surface area (Å²) in [5, 5.41) is 4.51. The van der Waals surface area contributed by atoms with Crippen molar-refractivity contribution < 1.29 is 14.1 Å². The Bertz CT molecular complexity index is 659. The monoisotopic (exact) mass is 356 g/mol. The first kappa shape index (κ1) is 13.7. The molecule has 1 aliphatic rings. The molecular formula is C13H10BrClN2O3. The van der Waals surface area contributed by atoms with Gasteiger partial charge in [0.2, 0.25) is 11.7 Å². The molecule has 1 saturated heterocycles. The predicted octanol–water partition coefficient (Wildman–Crippen LogP) is 3.23. The van der Waals surface area contributed by atoms with Crippen molar-refractivity contribution in [1.29, 1.82) is 0 Å². The molecule has 0 N–H and O–H groups in total. The lowest BCUT2D eigenvalue weighted by atomic mass is 10.0. The molecule has 5 nitrogen and oxygen atoms in total. The quantitative estimate of drug-likeness (QED) is 0.825. The summed E-state index contributed by atoms with van der Waals surface area (Å²) in [5.74, 6) is 0.344. The van der Waals surface area contributed by atoms with Gasteiger partial charge in [0.05, 0.1) is 18.2 Å². The third-order valence-corrected chi connectivity index (χ3v) is 4.30. The molecule has 7 heteroatoms. The molecule has 0 amide bonds. The second-order valence-electron chi connectivity index (χ2n) is 4.43. The van der Waals surface area contributed by atoms with Crippen molar-refractivity contribution in [3.8, 4) is 11.4 Å². The fraction of sp³-hybridized carbons (Fsp3) is 0.308. The number of ketones is 1. The molecule has 1 fully saturated rings. The molecule has 104 valence electrons. The van der Waals surface area contributed by atoms with E-state index in [9.17, 15) is 4.79 Å². The minimum Gasteiger partial charge on any atom is -0.380 e. The van der Waals surface area contributed by atoms with Gasteiger partial charge in [-0.25, -0.2) is 0 Å². The lowest BCUT2D eigenvalue weighted by Gasteiger charge is -2.16. The van der Waals surface area contributed by atoms with Crippen LogP contribution in [0.5, 0.6) is 0 Å². The molecule has 3 rings (SSSR count). The highest BCUT2D eigenvalue weighted by molar-refractivity contribution is 9.10. The van der Waals surface area contributed by atoms with Crippen LogP contribution in [0.3, 0.4) is 0 Å². The summed E-state index contributed by atoms with van der Waals surface area (Å²) in [6.45, 7) is 0.755. The number of ether oxygens (including phenoxy) is 1. The smallest absolute Gasteiger partial charge is 0.239 e. The molecule has 2 heterocycles. The first-order chi connectivity index (χ1) is 9.65. The van der Waals surface area contributed by atoms with Crippen molar-refractivity contribution in [2.45, 2.75) is 12.3 Å².